The molecule has 0 aliphatic heterocycles. The number of H-pyrrole nitrogens is 1. The Balaban J connectivity index is 2.35. The van der Waals surface area contributed by atoms with Crippen molar-refractivity contribution in [1.82, 2.24) is 4.98 Å². The van der Waals surface area contributed by atoms with E-state index in [0.717, 1.165) is 16.7 Å². The molecule has 2 N–H and O–H groups in total. The molecule has 1 aromatic heterocycles. The van der Waals surface area contributed by atoms with E-state index < -0.39 is 0 Å². The zero-order valence-corrected chi connectivity index (χ0v) is 10.5. The van der Waals surface area contributed by atoms with Crippen LogP contribution in [0.1, 0.15) is 0 Å². The molecule has 2 aromatic carbocycles. The van der Waals surface area contributed by atoms with Gasteiger partial charge in [-0.05, 0) is 12.1 Å². The molecule has 1 heterocycles. The Morgan fingerprint density at radius 1 is 1.06 bits per heavy atom. The fourth-order valence-corrected chi connectivity index (χ4v) is 2.31. The third-order valence-electron chi connectivity index (χ3n) is 2.78. The summed E-state index contributed by atoms with van der Waals surface area (Å²) in [6.07, 6.45) is 0. The van der Waals surface area contributed by atoms with Gasteiger partial charge in [0.2, 0.25) is 0 Å². The Labute approximate surface area is 109 Å². The van der Waals surface area contributed by atoms with E-state index in [2.05, 4.69) is 28.5 Å². The number of aromatic nitrogens is 1. The fourth-order valence-electron chi connectivity index (χ4n) is 2.09. The minimum atomic E-state index is 0.358. The number of aromatic amines is 1. The Hall–Kier alpha value is -1.65. The van der Waals surface area contributed by atoms with Gasteiger partial charge in [0, 0.05) is 16.3 Å². The van der Waals surface area contributed by atoms with E-state index in [4.69, 9.17) is 24.8 Å². The molecule has 0 spiro atoms. The zero-order chi connectivity index (χ0) is 11.8. The summed E-state index contributed by atoms with van der Waals surface area (Å²) in [5.74, 6) is 0. The summed E-state index contributed by atoms with van der Waals surface area (Å²) >= 11 is 9.82. The van der Waals surface area contributed by atoms with Crippen LogP contribution in [-0.2, 0) is 12.6 Å². The molecule has 0 aliphatic rings. The number of fused-ring (bicyclic) bond motifs is 3. The molecule has 0 atom stereocenters. The van der Waals surface area contributed by atoms with Crippen molar-refractivity contribution in [1.29, 1.82) is 0 Å². The van der Waals surface area contributed by atoms with Crippen molar-refractivity contribution in [3.8, 4) is 0 Å². The summed E-state index contributed by atoms with van der Waals surface area (Å²) in [4.78, 5) is 3.38. The summed E-state index contributed by atoms with van der Waals surface area (Å²) in [5.41, 5.74) is 3.09. The van der Waals surface area contributed by atoms with E-state index in [-0.39, 0.29) is 0 Å². The van der Waals surface area contributed by atoms with Crippen LogP contribution in [-0.4, -0.2) is 9.30 Å². The van der Waals surface area contributed by atoms with Crippen LogP contribution in [0.3, 0.4) is 0 Å². The lowest BCUT2D eigenvalue weighted by Gasteiger charge is -2.10. The molecule has 3 aromatic rings. The molecule has 0 aliphatic carbocycles. The van der Waals surface area contributed by atoms with E-state index in [0.29, 0.717) is 4.32 Å². The lowest BCUT2D eigenvalue weighted by molar-refractivity contribution is 1.54. The van der Waals surface area contributed by atoms with Gasteiger partial charge in [-0.3, -0.25) is 0 Å². The number of rotatable bonds is 1. The molecule has 3 rings (SSSR count). The van der Waals surface area contributed by atoms with Crippen LogP contribution in [0, 0.1) is 0 Å². The summed E-state index contributed by atoms with van der Waals surface area (Å²) in [5, 5.41) is 5.41. The molecule has 0 amide bonds. The Kier molecular flexibility index (Phi) is 2.46. The van der Waals surface area contributed by atoms with Gasteiger partial charge in [-0.15, -0.1) is 0 Å². The van der Waals surface area contributed by atoms with Crippen LogP contribution in [0.4, 0.5) is 5.69 Å². The first-order valence-corrected chi connectivity index (χ1v) is 6.05. The molecule has 0 saturated heterocycles. The standard InChI is InChI=1S/C13H10N2S2/c16-13(17)15-11-7-3-5-9-8-4-1-2-6-10(8)14-12(9)11/h1-7,14H,(H2,15,16,17)/p-1. The van der Waals surface area contributed by atoms with Gasteiger partial charge >= 0.3 is 0 Å². The maximum Gasteiger partial charge on any atom is 0.0703 e. The molecular formula is C13H9N2S2-. The van der Waals surface area contributed by atoms with E-state index in [1.807, 2.05) is 24.3 Å². The first-order valence-electron chi connectivity index (χ1n) is 5.23. The largest absolute Gasteiger partial charge is 0.411 e. The second-order valence-corrected chi connectivity index (χ2v) is 4.89. The predicted octanol–water partition coefficient (Wildman–Crippen LogP) is 3.56. The molecule has 84 valence electrons. The van der Waals surface area contributed by atoms with Gasteiger partial charge in [0.15, 0.2) is 0 Å². The number of hydrogen-bond acceptors (Lipinski definition) is 2. The highest BCUT2D eigenvalue weighted by molar-refractivity contribution is 8.00. The van der Waals surface area contributed by atoms with E-state index >= 15 is 0 Å². The highest BCUT2D eigenvalue weighted by atomic mass is 32.1. The number of anilines is 1. The van der Waals surface area contributed by atoms with Crippen LogP contribution < -0.4 is 5.32 Å². The van der Waals surface area contributed by atoms with E-state index in [9.17, 15) is 0 Å². The van der Waals surface area contributed by atoms with E-state index in [1.54, 1.807) is 0 Å². The summed E-state index contributed by atoms with van der Waals surface area (Å²) in [6.45, 7) is 0. The van der Waals surface area contributed by atoms with Crippen molar-refractivity contribution in [3.05, 3.63) is 42.5 Å². The molecule has 0 saturated carbocycles. The molecule has 4 heteroatoms. The second kappa shape index (κ2) is 3.98. The summed E-state index contributed by atoms with van der Waals surface area (Å²) in [7, 11) is 0. The van der Waals surface area contributed by atoms with Crippen molar-refractivity contribution in [2.45, 2.75) is 0 Å². The van der Waals surface area contributed by atoms with Gasteiger partial charge in [0.25, 0.3) is 0 Å². The molecule has 17 heavy (non-hydrogen) atoms. The van der Waals surface area contributed by atoms with E-state index in [1.165, 1.54) is 10.8 Å². The van der Waals surface area contributed by atoms with Crippen molar-refractivity contribution in [2.75, 3.05) is 5.32 Å². The summed E-state index contributed by atoms with van der Waals surface area (Å²) in [6, 6.07) is 14.3. The average Bonchev–Trinajstić information content (AvgIpc) is 2.68. The Morgan fingerprint density at radius 3 is 2.65 bits per heavy atom. The van der Waals surface area contributed by atoms with Gasteiger partial charge in [0.1, 0.15) is 0 Å². The number of para-hydroxylation sites is 2. The normalized spacial score (nSPS) is 10.8. The minimum Gasteiger partial charge on any atom is -0.411 e. The highest BCUT2D eigenvalue weighted by Gasteiger charge is 2.06. The molecule has 2 nitrogen and oxygen atoms in total. The summed E-state index contributed by atoms with van der Waals surface area (Å²) < 4.78 is 0.358. The third-order valence-corrected chi connectivity index (χ3v) is 2.98. The number of nitrogens with one attached hydrogen (secondary N) is 2. The van der Waals surface area contributed by atoms with Gasteiger partial charge in [-0.2, -0.15) is 0 Å². The molecule has 0 fully saturated rings. The minimum absolute atomic E-state index is 0.358. The lowest BCUT2D eigenvalue weighted by Crippen LogP contribution is -2.04. The fraction of sp³-hybridized carbons (Fsp3) is 0. The van der Waals surface area contributed by atoms with Gasteiger partial charge in [0.05, 0.1) is 11.2 Å². The number of benzene rings is 2. The average molecular weight is 257 g/mol. The monoisotopic (exact) mass is 257 g/mol. The SMILES string of the molecule is S=C([S-])Nc1cccc2c1[nH]c1ccccc12. The topological polar surface area (TPSA) is 27.8 Å². The van der Waals surface area contributed by atoms with Gasteiger partial charge in [-0.1, -0.05) is 34.7 Å². The lowest BCUT2D eigenvalue weighted by atomic mass is 10.1. The maximum absolute atomic E-state index is 4.91. The third kappa shape index (κ3) is 1.75. The van der Waals surface area contributed by atoms with Crippen LogP contribution in [0.15, 0.2) is 42.5 Å². The van der Waals surface area contributed by atoms with Crippen molar-refractivity contribution in [3.63, 3.8) is 0 Å². The van der Waals surface area contributed by atoms with Crippen LogP contribution >= 0.6 is 12.2 Å². The Bertz CT molecular complexity index is 716. The first-order chi connectivity index (χ1) is 8.25. The Morgan fingerprint density at radius 2 is 1.82 bits per heavy atom. The quantitative estimate of drug-likeness (QED) is 0.515. The number of thiocarbonyl (C=S) groups is 1. The van der Waals surface area contributed by atoms with Gasteiger partial charge in [-0.25, -0.2) is 0 Å². The van der Waals surface area contributed by atoms with Crippen molar-refractivity contribution in [2.24, 2.45) is 0 Å². The van der Waals surface area contributed by atoms with Crippen molar-refractivity contribution >= 4 is 56.7 Å². The van der Waals surface area contributed by atoms with Crippen LogP contribution in [0.25, 0.3) is 21.8 Å². The number of hydrogen-bond donors (Lipinski definition) is 2. The second-order valence-electron chi connectivity index (χ2n) is 3.81. The molecular weight excluding hydrogens is 248 g/mol. The highest BCUT2D eigenvalue weighted by Crippen LogP contribution is 2.29. The first kappa shape index (κ1) is 10.5. The molecule has 0 bridgehead atoms. The maximum atomic E-state index is 4.91. The molecule has 0 radical (unpaired) electrons. The van der Waals surface area contributed by atoms with Gasteiger partial charge < -0.3 is 35.1 Å². The zero-order valence-electron chi connectivity index (χ0n) is 8.86. The molecule has 0 unspecified atom stereocenters. The van der Waals surface area contributed by atoms with Crippen LogP contribution in [0.2, 0.25) is 0 Å². The van der Waals surface area contributed by atoms with Crippen molar-refractivity contribution < 1.29 is 0 Å². The smallest absolute Gasteiger partial charge is 0.0703 e. The predicted molar refractivity (Wildman–Crippen MR) is 79.4 cm³/mol. The van der Waals surface area contributed by atoms with Crippen LogP contribution in [0.5, 0.6) is 0 Å².